The van der Waals surface area contributed by atoms with Gasteiger partial charge in [-0.3, -0.25) is 0 Å². The fourth-order valence-corrected chi connectivity index (χ4v) is 2.22. The first kappa shape index (κ1) is 13.5. The molecule has 19 heavy (non-hydrogen) atoms. The van der Waals surface area contributed by atoms with Crippen LogP contribution in [0.25, 0.3) is 0 Å². The van der Waals surface area contributed by atoms with Crippen molar-refractivity contribution in [2.45, 2.75) is 12.8 Å². The number of hydrogen-bond acceptors (Lipinski definition) is 3. The number of carboxylic acid groups (broad SMARTS) is 1. The summed E-state index contributed by atoms with van der Waals surface area (Å²) in [5.41, 5.74) is 0. The number of nitrogens with zero attached hydrogens (tertiary/aromatic N) is 1. The molecule has 2 rings (SSSR count). The lowest BCUT2D eigenvalue weighted by Crippen LogP contribution is -2.40. The van der Waals surface area contributed by atoms with Gasteiger partial charge in [0.05, 0.1) is 6.61 Å². The Morgan fingerprint density at radius 3 is 3.00 bits per heavy atom. The van der Waals surface area contributed by atoms with Crippen molar-refractivity contribution in [2.75, 3.05) is 19.7 Å². The van der Waals surface area contributed by atoms with Gasteiger partial charge < -0.3 is 19.8 Å². The average Bonchev–Trinajstić information content (AvgIpc) is 2.38. The van der Waals surface area contributed by atoms with Crippen LogP contribution in [-0.2, 0) is 0 Å². The largest absolute Gasteiger partial charge is 0.504 e. The number of phenols is 1. The highest BCUT2D eigenvalue weighted by molar-refractivity contribution is 5.65. The molecule has 1 fully saturated rings. The Labute approximate surface area is 110 Å². The number of carbonyl (C=O) groups is 1. The van der Waals surface area contributed by atoms with E-state index in [-0.39, 0.29) is 24.0 Å². The van der Waals surface area contributed by atoms with E-state index in [4.69, 9.17) is 9.84 Å². The maximum Gasteiger partial charge on any atom is 0.407 e. The predicted octanol–water partition coefficient (Wildman–Crippen LogP) is 2.30. The Bertz CT molecular complexity index is 446. The first-order chi connectivity index (χ1) is 9.08. The summed E-state index contributed by atoms with van der Waals surface area (Å²) in [5.74, 6) is -1.02. The van der Waals surface area contributed by atoms with Gasteiger partial charge in [0, 0.05) is 19.0 Å². The summed E-state index contributed by atoms with van der Waals surface area (Å²) in [6.45, 7) is 1.10. The molecule has 0 spiro atoms. The highest BCUT2D eigenvalue weighted by atomic mass is 19.1. The molecule has 1 amide bonds. The van der Waals surface area contributed by atoms with Crippen LogP contribution in [0, 0.1) is 11.7 Å². The Hall–Kier alpha value is -1.98. The van der Waals surface area contributed by atoms with E-state index < -0.39 is 11.9 Å². The number of phenolic OH excluding ortho intramolecular Hbond substituents is 1. The van der Waals surface area contributed by atoms with Crippen molar-refractivity contribution in [1.29, 1.82) is 0 Å². The summed E-state index contributed by atoms with van der Waals surface area (Å²) >= 11 is 0. The normalized spacial score (nSPS) is 19.2. The van der Waals surface area contributed by atoms with E-state index in [1.54, 1.807) is 0 Å². The fraction of sp³-hybridized carbons (Fsp3) is 0.462. The number of likely N-dealkylation sites (tertiary alicyclic amines) is 1. The number of rotatable bonds is 3. The molecule has 1 atom stereocenters. The molecule has 2 N–H and O–H groups in total. The molecule has 0 aliphatic carbocycles. The van der Waals surface area contributed by atoms with Gasteiger partial charge in [-0.05, 0) is 25.0 Å². The van der Waals surface area contributed by atoms with Crippen molar-refractivity contribution in [3.63, 3.8) is 0 Å². The molecule has 0 aromatic heterocycles. The van der Waals surface area contributed by atoms with Crippen LogP contribution in [0.5, 0.6) is 11.5 Å². The quantitative estimate of drug-likeness (QED) is 0.883. The average molecular weight is 269 g/mol. The number of aromatic hydroxyl groups is 1. The lowest BCUT2D eigenvalue weighted by molar-refractivity contribution is 0.103. The maximum atomic E-state index is 13.4. The third-order valence-electron chi connectivity index (χ3n) is 3.20. The molecule has 1 aliphatic heterocycles. The number of halogens is 1. The van der Waals surface area contributed by atoms with Gasteiger partial charge in [-0.2, -0.15) is 0 Å². The molecular formula is C13H16FNO4. The number of benzene rings is 1. The Morgan fingerprint density at radius 1 is 1.53 bits per heavy atom. The van der Waals surface area contributed by atoms with Crippen molar-refractivity contribution in [3.05, 3.63) is 24.0 Å². The molecule has 0 unspecified atom stereocenters. The van der Waals surface area contributed by atoms with E-state index in [0.717, 1.165) is 12.8 Å². The van der Waals surface area contributed by atoms with Crippen LogP contribution in [0.1, 0.15) is 12.8 Å². The zero-order chi connectivity index (χ0) is 13.8. The predicted molar refractivity (Wildman–Crippen MR) is 65.9 cm³/mol. The van der Waals surface area contributed by atoms with E-state index in [9.17, 15) is 14.3 Å². The van der Waals surface area contributed by atoms with Gasteiger partial charge in [-0.25, -0.2) is 9.18 Å². The first-order valence-electron chi connectivity index (χ1n) is 6.16. The molecule has 0 bridgehead atoms. The highest BCUT2D eigenvalue weighted by Gasteiger charge is 2.24. The molecule has 104 valence electrons. The van der Waals surface area contributed by atoms with Gasteiger partial charge in [0.25, 0.3) is 0 Å². The van der Waals surface area contributed by atoms with E-state index in [1.165, 1.54) is 23.1 Å². The van der Waals surface area contributed by atoms with Crippen LogP contribution in [0.15, 0.2) is 18.2 Å². The molecule has 6 heteroatoms. The van der Waals surface area contributed by atoms with E-state index in [0.29, 0.717) is 13.1 Å². The molecule has 0 saturated carbocycles. The van der Waals surface area contributed by atoms with Gasteiger partial charge in [-0.1, -0.05) is 6.07 Å². The summed E-state index contributed by atoms with van der Waals surface area (Å²) in [5, 5.41) is 18.4. The second-order valence-corrected chi connectivity index (χ2v) is 4.64. The van der Waals surface area contributed by atoms with Crippen LogP contribution in [0.2, 0.25) is 0 Å². The molecule has 5 nitrogen and oxygen atoms in total. The Morgan fingerprint density at radius 2 is 2.32 bits per heavy atom. The summed E-state index contributed by atoms with van der Waals surface area (Å²) in [6, 6.07) is 3.95. The number of amides is 1. The van der Waals surface area contributed by atoms with Gasteiger partial charge >= 0.3 is 6.09 Å². The van der Waals surface area contributed by atoms with E-state index in [2.05, 4.69) is 0 Å². The van der Waals surface area contributed by atoms with Gasteiger partial charge in [-0.15, -0.1) is 0 Å². The van der Waals surface area contributed by atoms with Crippen molar-refractivity contribution in [1.82, 2.24) is 4.90 Å². The second-order valence-electron chi connectivity index (χ2n) is 4.64. The number of para-hydroxylation sites is 1. The van der Waals surface area contributed by atoms with Crippen molar-refractivity contribution in [2.24, 2.45) is 5.92 Å². The van der Waals surface area contributed by atoms with Gasteiger partial charge in [0.15, 0.2) is 17.3 Å². The standard InChI is InChI=1S/C13H16FNO4/c14-10-4-1-5-11(16)12(10)19-8-9-3-2-6-15(7-9)13(17)18/h1,4-5,9,16H,2-3,6-8H2,(H,17,18)/t9-/m0/s1. The summed E-state index contributed by atoms with van der Waals surface area (Å²) in [4.78, 5) is 12.2. The molecule has 0 radical (unpaired) electrons. The minimum absolute atomic E-state index is 0.0175. The zero-order valence-electron chi connectivity index (χ0n) is 10.4. The highest BCUT2D eigenvalue weighted by Crippen LogP contribution is 2.29. The van der Waals surface area contributed by atoms with Crippen LogP contribution in [-0.4, -0.2) is 40.9 Å². The zero-order valence-corrected chi connectivity index (χ0v) is 10.4. The molecule has 1 aromatic carbocycles. The van der Waals surface area contributed by atoms with E-state index in [1.807, 2.05) is 0 Å². The topological polar surface area (TPSA) is 70.0 Å². The van der Waals surface area contributed by atoms with E-state index >= 15 is 0 Å². The monoisotopic (exact) mass is 269 g/mol. The van der Waals surface area contributed by atoms with Crippen molar-refractivity contribution in [3.8, 4) is 11.5 Å². The summed E-state index contributed by atoms with van der Waals surface area (Å²) in [7, 11) is 0. The molecule has 1 aromatic rings. The lowest BCUT2D eigenvalue weighted by atomic mass is 9.99. The SMILES string of the molecule is O=C(O)N1CCC[C@H](COc2c(O)cccc2F)C1. The van der Waals surface area contributed by atoms with Crippen LogP contribution >= 0.6 is 0 Å². The number of ether oxygens (including phenoxy) is 1. The third-order valence-corrected chi connectivity index (χ3v) is 3.20. The lowest BCUT2D eigenvalue weighted by Gasteiger charge is -2.30. The van der Waals surface area contributed by atoms with Gasteiger partial charge in [0.2, 0.25) is 0 Å². The summed E-state index contributed by atoms with van der Waals surface area (Å²) < 4.78 is 18.7. The molecule has 1 heterocycles. The number of hydrogen-bond donors (Lipinski definition) is 2. The fourth-order valence-electron chi connectivity index (χ4n) is 2.22. The summed E-state index contributed by atoms with van der Waals surface area (Å²) in [6.07, 6.45) is 0.654. The van der Waals surface area contributed by atoms with Crippen LogP contribution < -0.4 is 4.74 Å². The van der Waals surface area contributed by atoms with Crippen LogP contribution in [0.4, 0.5) is 9.18 Å². The Kier molecular flexibility index (Phi) is 4.09. The second kappa shape index (κ2) is 5.77. The molecular weight excluding hydrogens is 253 g/mol. The molecule has 1 saturated heterocycles. The first-order valence-corrected chi connectivity index (χ1v) is 6.16. The smallest absolute Gasteiger partial charge is 0.407 e. The van der Waals surface area contributed by atoms with Crippen LogP contribution in [0.3, 0.4) is 0 Å². The van der Waals surface area contributed by atoms with Crippen molar-refractivity contribution >= 4 is 6.09 Å². The minimum Gasteiger partial charge on any atom is -0.504 e. The maximum absolute atomic E-state index is 13.4. The molecule has 1 aliphatic rings. The third kappa shape index (κ3) is 3.27. The van der Waals surface area contributed by atoms with Gasteiger partial charge in [0.1, 0.15) is 0 Å². The minimum atomic E-state index is -0.946. The van der Waals surface area contributed by atoms with Crippen molar-refractivity contribution < 1.29 is 24.1 Å². The number of piperidine rings is 1. The Balaban J connectivity index is 1.93.